The maximum atomic E-state index is 12.1. The molecule has 23 heavy (non-hydrogen) atoms. The maximum absolute atomic E-state index is 12.1. The van der Waals surface area contributed by atoms with Crippen molar-refractivity contribution in [1.82, 2.24) is 9.88 Å². The second kappa shape index (κ2) is 7.01. The summed E-state index contributed by atoms with van der Waals surface area (Å²) in [4.78, 5) is 12.9. The summed E-state index contributed by atoms with van der Waals surface area (Å²) in [6.07, 6.45) is 4.16. The van der Waals surface area contributed by atoms with Crippen molar-refractivity contribution in [3.05, 3.63) is 58.4 Å². The van der Waals surface area contributed by atoms with Gasteiger partial charge in [0.05, 0.1) is 4.88 Å². The number of fused-ring (bicyclic) bond motifs is 1. The quantitative estimate of drug-likeness (QED) is 0.712. The summed E-state index contributed by atoms with van der Waals surface area (Å²) in [5.74, 6) is 0.0310. The number of hydrogen-bond acceptors (Lipinski definition) is 2. The number of rotatable bonds is 6. The summed E-state index contributed by atoms with van der Waals surface area (Å²) in [5.41, 5.74) is 2.65. The molecule has 0 fully saturated rings. The van der Waals surface area contributed by atoms with Gasteiger partial charge in [-0.05, 0) is 49.8 Å². The standard InChI is InChI=1S/C19H22N2OS/c1-3-21-13-15(16-7-4-5-8-17(16)21)11-10-14(2)20-19(22)18-9-6-12-23-18/h4-9,12-14H,3,10-11H2,1-2H3,(H,20,22)/t14-/m1/s1. The molecule has 120 valence electrons. The van der Waals surface area contributed by atoms with Gasteiger partial charge in [0.2, 0.25) is 0 Å². The van der Waals surface area contributed by atoms with E-state index in [2.05, 4.69) is 54.2 Å². The smallest absolute Gasteiger partial charge is 0.261 e. The van der Waals surface area contributed by atoms with Gasteiger partial charge in [0, 0.05) is 29.7 Å². The van der Waals surface area contributed by atoms with Crippen LogP contribution in [-0.2, 0) is 13.0 Å². The lowest BCUT2D eigenvalue weighted by molar-refractivity contribution is 0.0942. The molecule has 3 aromatic rings. The third-order valence-corrected chi connectivity index (χ3v) is 5.05. The van der Waals surface area contributed by atoms with Gasteiger partial charge in [-0.25, -0.2) is 0 Å². The van der Waals surface area contributed by atoms with E-state index >= 15 is 0 Å². The van der Waals surface area contributed by atoms with Crippen molar-refractivity contribution in [2.45, 2.75) is 39.3 Å². The average molecular weight is 326 g/mol. The van der Waals surface area contributed by atoms with Gasteiger partial charge < -0.3 is 9.88 Å². The molecule has 0 bridgehead atoms. The lowest BCUT2D eigenvalue weighted by atomic mass is 10.1. The van der Waals surface area contributed by atoms with Gasteiger partial charge in [0.15, 0.2) is 0 Å². The molecule has 0 saturated heterocycles. The Morgan fingerprint density at radius 2 is 2.09 bits per heavy atom. The van der Waals surface area contributed by atoms with Crippen LogP contribution >= 0.6 is 11.3 Å². The SMILES string of the molecule is CCn1cc(CC[C@@H](C)NC(=O)c2cccs2)c2ccccc21. The Morgan fingerprint density at radius 1 is 1.26 bits per heavy atom. The molecule has 0 spiro atoms. The molecule has 3 nitrogen and oxygen atoms in total. The van der Waals surface area contributed by atoms with Gasteiger partial charge in [-0.15, -0.1) is 11.3 Å². The van der Waals surface area contributed by atoms with E-state index < -0.39 is 0 Å². The minimum atomic E-state index is 0.0310. The number of hydrogen-bond donors (Lipinski definition) is 1. The number of thiophene rings is 1. The predicted molar refractivity (Wildman–Crippen MR) is 97.2 cm³/mol. The van der Waals surface area contributed by atoms with E-state index in [0.717, 1.165) is 24.3 Å². The van der Waals surface area contributed by atoms with Crippen LogP contribution in [0.15, 0.2) is 48.0 Å². The number of aromatic nitrogens is 1. The van der Waals surface area contributed by atoms with Crippen molar-refractivity contribution in [1.29, 1.82) is 0 Å². The Hall–Kier alpha value is -2.07. The lowest BCUT2D eigenvalue weighted by Gasteiger charge is -2.12. The molecular weight excluding hydrogens is 304 g/mol. The highest BCUT2D eigenvalue weighted by Crippen LogP contribution is 2.23. The topological polar surface area (TPSA) is 34.0 Å². The number of aryl methyl sites for hydroxylation is 2. The van der Waals surface area contributed by atoms with E-state index in [0.29, 0.717) is 0 Å². The number of para-hydroxylation sites is 1. The summed E-state index contributed by atoms with van der Waals surface area (Å²) in [7, 11) is 0. The van der Waals surface area contributed by atoms with E-state index in [1.165, 1.54) is 27.8 Å². The first kappa shape index (κ1) is 15.8. The zero-order valence-corrected chi connectivity index (χ0v) is 14.4. The number of carbonyl (C=O) groups is 1. The number of nitrogens with zero attached hydrogens (tertiary/aromatic N) is 1. The summed E-state index contributed by atoms with van der Waals surface area (Å²) < 4.78 is 2.29. The molecule has 1 N–H and O–H groups in total. The maximum Gasteiger partial charge on any atom is 0.261 e. The van der Waals surface area contributed by atoms with Crippen molar-refractivity contribution in [2.24, 2.45) is 0 Å². The Kier molecular flexibility index (Phi) is 4.82. The normalized spacial score (nSPS) is 12.4. The monoisotopic (exact) mass is 326 g/mol. The fourth-order valence-electron chi connectivity index (χ4n) is 2.93. The highest BCUT2D eigenvalue weighted by Gasteiger charge is 2.12. The first-order valence-corrected chi connectivity index (χ1v) is 8.98. The van der Waals surface area contributed by atoms with Crippen LogP contribution in [0.25, 0.3) is 10.9 Å². The summed E-state index contributed by atoms with van der Waals surface area (Å²) in [6.45, 7) is 5.22. The second-order valence-corrected chi connectivity index (χ2v) is 6.80. The van der Waals surface area contributed by atoms with Crippen molar-refractivity contribution in [3.63, 3.8) is 0 Å². The second-order valence-electron chi connectivity index (χ2n) is 5.85. The van der Waals surface area contributed by atoms with Crippen LogP contribution in [0.4, 0.5) is 0 Å². The van der Waals surface area contributed by atoms with Gasteiger partial charge in [0.1, 0.15) is 0 Å². The first-order chi connectivity index (χ1) is 11.2. The molecule has 1 amide bonds. The van der Waals surface area contributed by atoms with Crippen LogP contribution in [-0.4, -0.2) is 16.5 Å². The third kappa shape index (κ3) is 3.48. The summed E-state index contributed by atoms with van der Waals surface area (Å²) in [5, 5.41) is 6.34. The molecule has 1 atom stereocenters. The minimum Gasteiger partial charge on any atom is -0.349 e. The number of benzene rings is 1. The molecule has 2 heterocycles. The first-order valence-electron chi connectivity index (χ1n) is 8.10. The van der Waals surface area contributed by atoms with Crippen molar-refractivity contribution >= 4 is 28.1 Å². The van der Waals surface area contributed by atoms with Crippen LogP contribution in [0.1, 0.15) is 35.5 Å². The molecule has 3 rings (SSSR count). The number of nitrogens with one attached hydrogen (secondary N) is 1. The largest absolute Gasteiger partial charge is 0.349 e. The minimum absolute atomic E-state index is 0.0310. The fraction of sp³-hybridized carbons (Fsp3) is 0.316. The molecule has 2 aromatic heterocycles. The van der Waals surface area contributed by atoms with Crippen molar-refractivity contribution in [2.75, 3.05) is 0 Å². The van der Waals surface area contributed by atoms with Crippen LogP contribution in [0.2, 0.25) is 0 Å². The fourth-order valence-corrected chi connectivity index (χ4v) is 3.56. The molecule has 0 aliphatic carbocycles. The number of carbonyl (C=O) groups excluding carboxylic acids is 1. The lowest BCUT2D eigenvalue weighted by Crippen LogP contribution is -2.32. The van der Waals surface area contributed by atoms with Crippen molar-refractivity contribution < 1.29 is 4.79 Å². The van der Waals surface area contributed by atoms with Gasteiger partial charge in [0.25, 0.3) is 5.91 Å². The average Bonchev–Trinajstić information content (AvgIpc) is 3.21. The molecule has 0 aliphatic heterocycles. The van der Waals surface area contributed by atoms with Gasteiger partial charge in [-0.1, -0.05) is 24.3 Å². The molecular formula is C19H22N2OS. The molecule has 0 radical (unpaired) electrons. The van der Waals surface area contributed by atoms with Crippen LogP contribution in [0.3, 0.4) is 0 Å². The summed E-state index contributed by atoms with van der Waals surface area (Å²) >= 11 is 1.48. The molecule has 1 aromatic carbocycles. The van der Waals surface area contributed by atoms with E-state index in [-0.39, 0.29) is 11.9 Å². The van der Waals surface area contributed by atoms with Crippen LogP contribution in [0, 0.1) is 0 Å². The Labute approximate surface area is 140 Å². The van der Waals surface area contributed by atoms with Crippen molar-refractivity contribution in [3.8, 4) is 0 Å². The highest BCUT2D eigenvalue weighted by atomic mass is 32.1. The third-order valence-electron chi connectivity index (χ3n) is 4.18. The number of amides is 1. The molecule has 0 saturated carbocycles. The zero-order valence-electron chi connectivity index (χ0n) is 13.6. The Bertz CT molecular complexity index is 789. The van der Waals surface area contributed by atoms with Gasteiger partial charge in [-0.3, -0.25) is 4.79 Å². The van der Waals surface area contributed by atoms with Crippen LogP contribution < -0.4 is 5.32 Å². The molecule has 0 unspecified atom stereocenters. The van der Waals surface area contributed by atoms with E-state index in [1.54, 1.807) is 0 Å². The predicted octanol–water partition coefficient (Wildman–Crippen LogP) is 4.47. The highest BCUT2D eigenvalue weighted by molar-refractivity contribution is 7.12. The van der Waals surface area contributed by atoms with Crippen LogP contribution in [0.5, 0.6) is 0 Å². The van der Waals surface area contributed by atoms with Gasteiger partial charge >= 0.3 is 0 Å². The summed E-state index contributed by atoms with van der Waals surface area (Å²) in [6, 6.07) is 12.5. The van der Waals surface area contributed by atoms with E-state index in [1.807, 2.05) is 17.5 Å². The Morgan fingerprint density at radius 3 is 2.83 bits per heavy atom. The Balaban J connectivity index is 1.65. The van der Waals surface area contributed by atoms with E-state index in [9.17, 15) is 4.79 Å². The zero-order chi connectivity index (χ0) is 16.2. The van der Waals surface area contributed by atoms with Gasteiger partial charge in [-0.2, -0.15) is 0 Å². The molecule has 4 heteroatoms. The molecule has 0 aliphatic rings. The van der Waals surface area contributed by atoms with E-state index in [4.69, 9.17) is 0 Å².